The van der Waals surface area contributed by atoms with Gasteiger partial charge in [0.05, 0.1) is 29.7 Å². The number of aryl methyl sites for hydroxylation is 1. The Morgan fingerprint density at radius 1 is 1.00 bits per heavy atom. The molecule has 28 heavy (non-hydrogen) atoms. The van der Waals surface area contributed by atoms with Crippen LogP contribution in [0.4, 0.5) is 0 Å². The average Bonchev–Trinajstić information content (AvgIpc) is 3.20. The molecule has 0 amide bonds. The minimum Gasteiger partial charge on any atom is -0.508 e. The third-order valence-electron chi connectivity index (χ3n) is 4.42. The van der Waals surface area contributed by atoms with Gasteiger partial charge in [-0.2, -0.15) is 0 Å². The molecule has 7 heteroatoms. The Morgan fingerprint density at radius 3 is 2.71 bits per heavy atom. The number of pyridine rings is 1. The molecule has 2 aromatic heterocycles. The lowest BCUT2D eigenvalue weighted by Gasteiger charge is -2.07. The first kappa shape index (κ1) is 17.9. The lowest BCUT2D eigenvalue weighted by atomic mass is 10.1. The van der Waals surface area contributed by atoms with E-state index in [4.69, 9.17) is 9.47 Å². The highest BCUT2D eigenvalue weighted by molar-refractivity contribution is 5.82. The van der Waals surface area contributed by atoms with Gasteiger partial charge in [-0.15, -0.1) is 5.10 Å². The summed E-state index contributed by atoms with van der Waals surface area (Å²) in [6.07, 6.45) is 1.82. The normalized spacial score (nSPS) is 11.1. The number of aromatic nitrogens is 4. The van der Waals surface area contributed by atoms with Crippen LogP contribution in [0.1, 0.15) is 5.56 Å². The molecule has 0 atom stereocenters. The van der Waals surface area contributed by atoms with Gasteiger partial charge < -0.3 is 14.6 Å². The quantitative estimate of drug-likeness (QED) is 0.519. The van der Waals surface area contributed by atoms with Crippen molar-refractivity contribution in [3.63, 3.8) is 0 Å². The van der Waals surface area contributed by atoms with Gasteiger partial charge in [-0.1, -0.05) is 11.3 Å². The lowest BCUT2D eigenvalue weighted by molar-refractivity contribution is 0.146. The van der Waals surface area contributed by atoms with E-state index in [0.29, 0.717) is 18.9 Å². The fraction of sp³-hybridized carbons (Fsp3) is 0.190. The van der Waals surface area contributed by atoms with Crippen molar-refractivity contribution in [1.29, 1.82) is 0 Å². The zero-order valence-corrected chi connectivity index (χ0v) is 15.7. The van der Waals surface area contributed by atoms with E-state index in [1.165, 1.54) is 0 Å². The monoisotopic (exact) mass is 376 g/mol. The summed E-state index contributed by atoms with van der Waals surface area (Å²) in [6, 6.07) is 15.0. The number of benzene rings is 2. The number of methoxy groups -OCH3 is 1. The number of nitrogens with zero attached hydrogens (tertiary/aromatic N) is 4. The molecule has 0 aliphatic heterocycles. The van der Waals surface area contributed by atoms with E-state index >= 15 is 0 Å². The summed E-state index contributed by atoms with van der Waals surface area (Å²) in [6.45, 7) is 2.90. The maximum Gasteiger partial charge on any atom is 0.131 e. The van der Waals surface area contributed by atoms with E-state index in [-0.39, 0.29) is 5.75 Å². The number of rotatable bonds is 6. The molecule has 0 aliphatic rings. The fourth-order valence-electron chi connectivity index (χ4n) is 2.87. The Labute approximate surface area is 162 Å². The Hall–Kier alpha value is -3.45. The molecule has 1 N–H and O–H groups in total. The smallest absolute Gasteiger partial charge is 0.131 e. The van der Waals surface area contributed by atoms with Crippen LogP contribution in [0.3, 0.4) is 0 Å². The zero-order chi connectivity index (χ0) is 19.5. The maximum absolute atomic E-state index is 9.68. The number of hydrogen-bond acceptors (Lipinski definition) is 6. The summed E-state index contributed by atoms with van der Waals surface area (Å²) in [5, 5.41) is 19.1. The second kappa shape index (κ2) is 7.66. The number of aromatic hydroxyl groups is 1. The molecule has 2 heterocycles. The number of phenols is 1. The molecule has 0 aliphatic carbocycles. The first-order chi connectivity index (χ1) is 13.6. The van der Waals surface area contributed by atoms with Crippen LogP contribution in [0.25, 0.3) is 28.0 Å². The Morgan fingerprint density at radius 2 is 1.89 bits per heavy atom. The van der Waals surface area contributed by atoms with Gasteiger partial charge in [0.25, 0.3) is 0 Å². The predicted molar refractivity (Wildman–Crippen MR) is 106 cm³/mol. The highest BCUT2D eigenvalue weighted by atomic mass is 16.5. The van der Waals surface area contributed by atoms with Crippen molar-refractivity contribution < 1.29 is 14.6 Å². The SMILES string of the molecule is COCCOc1ccc2nc(-c3cn(-c4ccc(O)c(C)c4)nn3)ccc2c1. The van der Waals surface area contributed by atoms with Gasteiger partial charge >= 0.3 is 0 Å². The summed E-state index contributed by atoms with van der Waals surface area (Å²) < 4.78 is 12.3. The molecule has 0 saturated carbocycles. The molecule has 142 valence electrons. The molecular weight excluding hydrogens is 356 g/mol. The van der Waals surface area contributed by atoms with Gasteiger partial charge in [-0.05, 0) is 55.0 Å². The molecule has 0 spiro atoms. The van der Waals surface area contributed by atoms with E-state index in [2.05, 4.69) is 15.3 Å². The third-order valence-corrected chi connectivity index (χ3v) is 4.42. The van der Waals surface area contributed by atoms with Gasteiger partial charge in [-0.25, -0.2) is 9.67 Å². The number of fused-ring (bicyclic) bond motifs is 1. The molecule has 0 fully saturated rings. The summed E-state index contributed by atoms with van der Waals surface area (Å²) in [5.41, 5.74) is 3.87. The molecule has 7 nitrogen and oxygen atoms in total. The number of ether oxygens (including phenoxy) is 2. The largest absolute Gasteiger partial charge is 0.508 e. The van der Waals surface area contributed by atoms with Crippen LogP contribution in [-0.2, 0) is 4.74 Å². The lowest BCUT2D eigenvalue weighted by Crippen LogP contribution is -2.04. The van der Waals surface area contributed by atoms with Crippen molar-refractivity contribution in [2.24, 2.45) is 0 Å². The molecule has 4 aromatic rings. The molecule has 2 aromatic carbocycles. The van der Waals surface area contributed by atoms with Crippen LogP contribution in [0.15, 0.2) is 54.7 Å². The summed E-state index contributed by atoms with van der Waals surface area (Å²) in [7, 11) is 1.65. The second-order valence-electron chi connectivity index (χ2n) is 6.41. The Kier molecular flexibility index (Phi) is 4.90. The van der Waals surface area contributed by atoms with Crippen molar-refractivity contribution in [2.75, 3.05) is 20.3 Å². The van der Waals surface area contributed by atoms with Crippen molar-refractivity contribution in [2.45, 2.75) is 6.92 Å². The second-order valence-corrected chi connectivity index (χ2v) is 6.41. The summed E-state index contributed by atoms with van der Waals surface area (Å²) in [5.74, 6) is 1.04. The van der Waals surface area contributed by atoms with Crippen molar-refractivity contribution in [1.82, 2.24) is 20.0 Å². The maximum atomic E-state index is 9.68. The van der Waals surface area contributed by atoms with Gasteiger partial charge in [0.15, 0.2) is 0 Å². The van der Waals surface area contributed by atoms with E-state index in [9.17, 15) is 5.11 Å². The molecule has 0 radical (unpaired) electrons. The standard InChI is InChI=1S/C21H20N4O3/c1-14-11-16(4-8-21(14)26)25-13-20(23-24-25)19-6-3-15-12-17(28-10-9-27-2)5-7-18(15)22-19/h3-8,11-13,26H,9-10H2,1-2H3. The zero-order valence-electron chi connectivity index (χ0n) is 15.7. The van der Waals surface area contributed by atoms with Crippen LogP contribution in [0.2, 0.25) is 0 Å². The highest BCUT2D eigenvalue weighted by Gasteiger charge is 2.09. The topological polar surface area (TPSA) is 82.3 Å². The minimum absolute atomic E-state index is 0.255. The van der Waals surface area contributed by atoms with Gasteiger partial charge in [0, 0.05) is 12.5 Å². The fourth-order valence-corrected chi connectivity index (χ4v) is 2.87. The van der Waals surface area contributed by atoms with Gasteiger partial charge in [0.2, 0.25) is 0 Å². The van der Waals surface area contributed by atoms with Crippen molar-refractivity contribution in [3.05, 3.63) is 60.3 Å². The predicted octanol–water partition coefficient (Wildman–Crippen LogP) is 3.52. The van der Waals surface area contributed by atoms with Crippen LogP contribution in [0.5, 0.6) is 11.5 Å². The molecule has 0 saturated heterocycles. The Balaban J connectivity index is 1.60. The Bertz CT molecular complexity index is 1120. The van der Waals surface area contributed by atoms with E-state index in [0.717, 1.165) is 33.6 Å². The molecule has 0 unspecified atom stereocenters. The molecule has 0 bridgehead atoms. The molecular formula is C21H20N4O3. The van der Waals surface area contributed by atoms with Crippen molar-refractivity contribution >= 4 is 10.9 Å². The van der Waals surface area contributed by atoms with Gasteiger partial charge in [-0.3, -0.25) is 0 Å². The third kappa shape index (κ3) is 3.65. The van der Waals surface area contributed by atoms with E-state index < -0.39 is 0 Å². The average molecular weight is 376 g/mol. The number of phenolic OH excluding ortho intramolecular Hbond substituents is 1. The van der Waals surface area contributed by atoms with Crippen LogP contribution in [-0.4, -0.2) is 45.4 Å². The van der Waals surface area contributed by atoms with Crippen LogP contribution < -0.4 is 4.74 Å². The van der Waals surface area contributed by atoms with Crippen LogP contribution in [0, 0.1) is 6.92 Å². The molecule has 4 rings (SSSR count). The van der Waals surface area contributed by atoms with E-state index in [1.807, 2.05) is 49.5 Å². The number of hydrogen-bond donors (Lipinski definition) is 1. The highest BCUT2D eigenvalue weighted by Crippen LogP contribution is 2.24. The first-order valence-corrected chi connectivity index (χ1v) is 8.89. The van der Waals surface area contributed by atoms with Crippen LogP contribution >= 0.6 is 0 Å². The summed E-state index contributed by atoms with van der Waals surface area (Å²) >= 11 is 0. The first-order valence-electron chi connectivity index (χ1n) is 8.89. The minimum atomic E-state index is 0.255. The van der Waals surface area contributed by atoms with Crippen molar-refractivity contribution in [3.8, 4) is 28.6 Å². The van der Waals surface area contributed by atoms with Gasteiger partial charge in [0.1, 0.15) is 23.8 Å². The summed E-state index contributed by atoms with van der Waals surface area (Å²) in [4.78, 5) is 4.69. The van der Waals surface area contributed by atoms with E-state index in [1.54, 1.807) is 23.9 Å².